The fraction of sp³-hybridized carbons (Fsp3) is 0.0455. The van der Waals surface area contributed by atoms with E-state index in [2.05, 4.69) is 18.2 Å². The molecule has 0 aliphatic carbocycles. The van der Waals surface area contributed by atoms with Gasteiger partial charge in [-0.25, -0.2) is 4.98 Å². The molecular weight excluding hydrogens is 310 g/mol. The van der Waals surface area contributed by atoms with E-state index in [1.807, 2.05) is 48.5 Å². The molecule has 25 heavy (non-hydrogen) atoms. The third-order valence-corrected chi connectivity index (χ3v) is 4.27. The average Bonchev–Trinajstić information content (AvgIpc) is 2.68. The fourth-order valence-corrected chi connectivity index (χ4v) is 2.95. The Labute approximate surface area is 146 Å². The first-order valence-corrected chi connectivity index (χ1v) is 8.08. The lowest BCUT2D eigenvalue weighted by Gasteiger charge is -2.11. The fourth-order valence-electron chi connectivity index (χ4n) is 2.95. The monoisotopic (exact) mass is 327 g/mol. The number of phenolic OH excluding ortho intramolecular Hbond substituents is 1. The first-order chi connectivity index (χ1) is 12.2. The topological polar surface area (TPSA) is 42.4 Å². The Morgan fingerprint density at radius 3 is 2.20 bits per heavy atom. The third-order valence-electron chi connectivity index (χ3n) is 4.27. The van der Waals surface area contributed by atoms with Crippen LogP contribution < -0.4 is 4.74 Å². The molecule has 0 fully saturated rings. The van der Waals surface area contributed by atoms with Crippen LogP contribution in [0.15, 0.2) is 78.9 Å². The minimum Gasteiger partial charge on any atom is -0.508 e. The molecular formula is C22H17NO2. The van der Waals surface area contributed by atoms with E-state index in [-0.39, 0.29) is 5.75 Å². The average molecular weight is 327 g/mol. The molecule has 122 valence electrons. The molecule has 0 radical (unpaired) electrons. The summed E-state index contributed by atoms with van der Waals surface area (Å²) in [6, 6.07) is 25.4. The summed E-state index contributed by atoms with van der Waals surface area (Å²) in [5, 5.41) is 11.8. The maximum absolute atomic E-state index is 9.57. The van der Waals surface area contributed by atoms with Crippen LogP contribution in [0.4, 0.5) is 0 Å². The Morgan fingerprint density at radius 2 is 1.48 bits per heavy atom. The maximum Gasteiger partial charge on any atom is 0.118 e. The van der Waals surface area contributed by atoms with Crippen molar-refractivity contribution in [1.82, 2.24) is 4.98 Å². The molecule has 1 N–H and O–H groups in total. The van der Waals surface area contributed by atoms with E-state index < -0.39 is 0 Å². The predicted molar refractivity (Wildman–Crippen MR) is 101 cm³/mol. The summed E-state index contributed by atoms with van der Waals surface area (Å²) in [5.41, 5.74) is 3.82. The molecule has 3 nitrogen and oxygen atoms in total. The molecule has 0 spiro atoms. The van der Waals surface area contributed by atoms with Crippen LogP contribution in [-0.2, 0) is 0 Å². The number of methoxy groups -OCH3 is 1. The summed E-state index contributed by atoms with van der Waals surface area (Å²) in [6.07, 6.45) is 0. The molecule has 3 aromatic carbocycles. The van der Waals surface area contributed by atoms with Crippen LogP contribution in [0.1, 0.15) is 0 Å². The molecule has 0 aliphatic heterocycles. The Morgan fingerprint density at radius 1 is 0.800 bits per heavy atom. The number of hydrogen-bond donors (Lipinski definition) is 1. The van der Waals surface area contributed by atoms with Gasteiger partial charge in [0.25, 0.3) is 0 Å². The summed E-state index contributed by atoms with van der Waals surface area (Å²) in [7, 11) is 1.66. The van der Waals surface area contributed by atoms with Gasteiger partial charge in [0.15, 0.2) is 0 Å². The van der Waals surface area contributed by atoms with E-state index in [0.717, 1.165) is 39.0 Å². The summed E-state index contributed by atoms with van der Waals surface area (Å²) in [6.45, 7) is 0. The summed E-state index contributed by atoms with van der Waals surface area (Å²) in [5.74, 6) is 1.07. The van der Waals surface area contributed by atoms with Gasteiger partial charge in [0, 0.05) is 16.5 Å². The van der Waals surface area contributed by atoms with Crippen LogP contribution in [0.3, 0.4) is 0 Å². The molecule has 0 aliphatic rings. The highest BCUT2D eigenvalue weighted by atomic mass is 16.5. The lowest BCUT2D eigenvalue weighted by molar-refractivity contribution is 0.415. The molecule has 0 atom stereocenters. The maximum atomic E-state index is 9.57. The van der Waals surface area contributed by atoms with E-state index in [4.69, 9.17) is 9.72 Å². The van der Waals surface area contributed by atoms with Gasteiger partial charge in [-0.1, -0.05) is 24.3 Å². The lowest BCUT2D eigenvalue weighted by Crippen LogP contribution is -1.91. The number of aromatic hydroxyl groups is 1. The molecule has 4 aromatic rings. The molecule has 3 heteroatoms. The van der Waals surface area contributed by atoms with Crippen molar-refractivity contribution in [1.29, 1.82) is 0 Å². The van der Waals surface area contributed by atoms with Gasteiger partial charge >= 0.3 is 0 Å². The van der Waals surface area contributed by atoms with Crippen molar-refractivity contribution in [3.63, 3.8) is 0 Å². The number of hydrogen-bond acceptors (Lipinski definition) is 3. The lowest BCUT2D eigenvalue weighted by atomic mass is 10.0. The first kappa shape index (κ1) is 15.2. The third kappa shape index (κ3) is 2.92. The minimum absolute atomic E-state index is 0.249. The standard InChI is InChI=1S/C22H17NO2/c1-25-19-12-8-15(9-13-19)21-14-17-4-2-3-5-20(17)22(23-21)16-6-10-18(24)11-7-16/h2-14,24H,1H3. The van der Waals surface area contributed by atoms with Crippen molar-refractivity contribution in [3.05, 3.63) is 78.9 Å². The van der Waals surface area contributed by atoms with Crippen LogP contribution in [0.25, 0.3) is 33.3 Å². The summed E-state index contributed by atoms with van der Waals surface area (Å²) in [4.78, 5) is 4.90. The Balaban J connectivity index is 1.92. The highest BCUT2D eigenvalue weighted by molar-refractivity contribution is 5.96. The van der Waals surface area contributed by atoms with Crippen molar-refractivity contribution < 1.29 is 9.84 Å². The zero-order chi connectivity index (χ0) is 17.2. The SMILES string of the molecule is COc1ccc(-c2cc3ccccc3c(-c3ccc(O)cc3)n2)cc1. The number of benzene rings is 3. The number of nitrogens with zero attached hydrogens (tertiary/aromatic N) is 1. The number of aromatic nitrogens is 1. The number of fused-ring (bicyclic) bond motifs is 1. The van der Waals surface area contributed by atoms with Crippen molar-refractivity contribution in [2.24, 2.45) is 0 Å². The van der Waals surface area contributed by atoms with E-state index >= 15 is 0 Å². The smallest absolute Gasteiger partial charge is 0.118 e. The summed E-state index contributed by atoms with van der Waals surface area (Å²) >= 11 is 0. The van der Waals surface area contributed by atoms with Gasteiger partial charge in [0.2, 0.25) is 0 Å². The first-order valence-electron chi connectivity index (χ1n) is 8.08. The summed E-state index contributed by atoms with van der Waals surface area (Å²) < 4.78 is 5.24. The molecule has 4 rings (SSSR count). The molecule has 1 heterocycles. The van der Waals surface area contributed by atoms with Crippen LogP contribution >= 0.6 is 0 Å². The van der Waals surface area contributed by atoms with Gasteiger partial charge in [-0.2, -0.15) is 0 Å². The second-order valence-corrected chi connectivity index (χ2v) is 5.85. The van der Waals surface area contributed by atoms with Crippen molar-refractivity contribution in [2.75, 3.05) is 7.11 Å². The quantitative estimate of drug-likeness (QED) is 0.556. The number of ether oxygens (including phenoxy) is 1. The van der Waals surface area contributed by atoms with Gasteiger partial charge < -0.3 is 9.84 Å². The predicted octanol–water partition coefficient (Wildman–Crippen LogP) is 5.28. The second kappa shape index (κ2) is 6.29. The minimum atomic E-state index is 0.249. The van der Waals surface area contributed by atoms with Gasteiger partial charge in [-0.15, -0.1) is 0 Å². The molecule has 0 saturated heterocycles. The van der Waals surface area contributed by atoms with Crippen molar-refractivity contribution in [3.8, 4) is 34.0 Å². The number of rotatable bonds is 3. The second-order valence-electron chi connectivity index (χ2n) is 5.85. The van der Waals surface area contributed by atoms with Crippen LogP contribution in [0, 0.1) is 0 Å². The van der Waals surface area contributed by atoms with Crippen LogP contribution in [-0.4, -0.2) is 17.2 Å². The van der Waals surface area contributed by atoms with E-state index in [0.29, 0.717) is 0 Å². The normalized spacial score (nSPS) is 10.8. The van der Waals surface area contributed by atoms with Gasteiger partial charge in [0.1, 0.15) is 11.5 Å². The van der Waals surface area contributed by atoms with Crippen molar-refractivity contribution in [2.45, 2.75) is 0 Å². The molecule has 0 amide bonds. The van der Waals surface area contributed by atoms with Gasteiger partial charge in [-0.05, 0) is 60.0 Å². The van der Waals surface area contributed by atoms with Crippen LogP contribution in [0.5, 0.6) is 11.5 Å². The molecule has 0 bridgehead atoms. The van der Waals surface area contributed by atoms with Crippen molar-refractivity contribution >= 4 is 10.8 Å². The highest BCUT2D eigenvalue weighted by Crippen LogP contribution is 2.32. The van der Waals surface area contributed by atoms with Crippen LogP contribution in [0.2, 0.25) is 0 Å². The Kier molecular flexibility index (Phi) is 3.82. The van der Waals surface area contributed by atoms with Gasteiger partial charge in [-0.3, -0.25) is 0 Å². The van der Waals surface area contributed by atoms with E-state index in [1.54, 1.807) is 19.2 Å². The van der Waals surface area contributed by atoms with E-state index in [1.165, 1.54) is 0 Å². The number of pyridine rings is 1. The zero-order valence-electron chi connectivity index (χ0n) is 13.8. The molecule has 0 saturated carbocycles. The number of phenols is 1. The van der Waals surface area contributed by atoms with Gasteiger partial charge in [0.05, 0.1) is 18.5 Å². The largest absolute Gasteiger partial charge is 0.508 e. The Hall–Kier alpha value is -3.33. The molecule has 1 aromatic heterocycles. The highest BCUT2D eigenvalue weighted by Gasteiger charge is 2.10. The zero-order valence-corrected chi connectivity index (χ0v) is 13.8. The molecule has 0 unspecified atom stereocenters. The Bertz CT molecular complexity index is 1020. The van der Waals surface area contributed by atoms with E-state index in [9.17, 15) is 5.11 Å².